The van der Waals surface area contributed by atoms with Crippen LogP contribution in [-0.2, 0) is 13.0 Å². The molecular weight excluding hydrogens is 166 g/mol. The third-order valence-corrected chi connectivity index (χ3v) is 2.27. The molecule has 3 nitrogen and oxygen atoms in total. The van der Waals surface area contributed by atoms with Crippen LogP contribution < -0.4 is 5.32 Å². The third kappa shape index (κ3) is 1.55. The number of hydrogen-bond donors (Lipinski definition) is 1. The highest BCUT2D eigenvalue weighted by atomic mass is 16.4. The first kappa shape index (κ1) is 8.26. The molecule has 0 atom stereocenters. The molecule has 67 valence electrons. The zero-order valence-electron chi connectivity index (χ0n) is 7.16. The highest BCUT2D eigenvalue weighted by molar-refractivity contribution is 5.87. The van der Waals surface area contributed by atoms with Crippen LogP contribution in [0.3, 0.4) is 0 Å². The van der Waals surface area contributed by atoms with E-state index in [4.69, 9.17) is 5.11 Å². The molecule has 0 spiro atoms. The third-order valence-electron chi connectivity index (χ3n) is 2.27. The summed E-state index contributed by atoms with van der Waals surface area (Å²) in [7, 11) is 0. The number of hydrogen-bond acceptors (Lipinski definition) is 1. The van der Waals surface area contributed by atoms with Gasteiger partial charge in [0.2, 0.25) is 0 Å². The second kappa shape index (κ2) is 3.18. The topological polar surface area (TPSA) is 51.4 Å². The lowest BCUT2D eigenvalue weighted by Crippen LogP contribution is -2.18. The fourth-order valence-corrected chi connectivity index (χ4v) is 1.54. The van der Waals surface area contributed by atoms with Crippen LogP contribution in [0.15, 0.2) is 18.2 Å². The van der Waals surface area contributed by atoms with Gasteiger partial charge in [0.1, 0.15) is 0 Å². The van der Waals surface area contributed by atoms with Crippen molar-refractivity contribution in [1.29, 1.82) is 0 Å². The smallest absolute Gasteiger partial charge is 0.335 e. The number of carboxylic acids is 1. The molecule has 0 aromatic heterocycles. The van der Waals surface area contributed by atoms with Crippen molar-refractivity contribution >= 4 is 5.97 Å². The predicted molar refractivity (Wildman–Crippen MR) is 47.8 cm³/mol. The summed E-state index contributed by atoms with van der Waals surface area (Å²) in [6.45, 7) is 1.55. The molecule has 3 heteroatoms. The summed E-state index contributed by atoms with van der Waals surface area (Å²) >= 11 is 0. The lowest BCUT2D eigenvalue weighted by atomic mass is 9.98. The van der Waals surface area contributed by atoms with Crippen LogP contribution in [0.5, 0.6) is 0 Å². The van der Waals surface area contributed by atoms with E-state index in [0.29, 0.717) is 5.56 Å². The summed E-state index contributed by atoms with van der Waals surface area (Å²) in [5, 5.41) is 13.0. The van der Waals surface area contributed by atoms with Gasteiger partial charge < -0.3 is 5.11 Å². The fourth-order valence-electron chi connectivity index (χ4n) is 1.54. The fraction of sp³-hybridized carbons (Fsp3) is 0.300. The predicted octanol–water partition coefficient (Wildman–Crippen LogP) is 1.05. The van der Waals surface area contributed by atoms with E-state index in [1.165, 1.54) is 0 Å². The summed E-state index contributed by atoms with van der Waals surface area (Å²) in [4.78, 5) is 10.7. The monoisotopic (exact) mass is 176 g/mol. The summed E-state index contributed by atoms with van der Waals surface area (Å²) < 4.78 is 0. The molecule has 1 aliphatic rings. The minimum absolute atomic E-state index is 0.376. The van der Waals surface area contributed by atoms with Gasteiger partial charge in [0, 0.05) is 13.1 Å². The van der Waals surface area contributed by atoms with Gasteiger partial charge in [-0.1, -0.05) is 6.07 Å². The first-order chi connectivity index (χ1) is 6.27. The Bertz CT molecular complexity index is 347. The number of rotatable bonds is 1. The Kier molecular flexibility index (Phi) is 2.02. The van der Waals surface area contributed by atoms with E-state index in [0.717, 1.165) is 30.6 Å². The second-order valence-electron chi connectivity index (χ2n) is 3.14. The maximum absolute atomic E-state index is 10.7. The van der Waals surface area contributed by atoms with E-state index in [9.17, 15) is 4.79 Å². The maximum atomic E-state index is 10.7. The molecule has 0 aliphatic carbocycles. The van der Waals surface area contributed by atoms with Crippen LogP contribution in [0.4, 0.5) is 0 Å². The van der Waals surface area contributed by atoms with Crippen LogP contribution in [-0.4, -0.2) is 17.6 Å². The molecule has 13 heavy (non-hydrogen) atoms. The Morgan fingerprint density at radius 1 is 1.38 bits per heavy atom. The Morgan fingerprint density at radius 3 is 3.00 bits per heavy atom. The van der Waals surface area contributed by atoms with E-state index in [1.807, 2.05) is 6.07 Å². The van der Waals surface area contributed by atoms with Crippen LogP contribution in [0, 0.1) is 0 Å². The van der Waals surface area contributed by atoms with Crippen LogP contribution >= 0.6 is 0 Å². The van der Waals surface area contributed by atoms with Crippen molar-refractivity contribution in [3.63, 3.8) is 0 Å². The van der Waals surface area contributed by atoms with Gasteiger partial charge in [0.25, 0.3) is 0 Å². The molecule has 1 aliphatic heterocycles. The Labute approximate surface area is 76.4 Å². The van der Waals surface area contributed by atoms with Gasteiger partial charge in [-0.3, -0.25) is 0 Å². The molecule has 0 amide bonds. The van der Waals surface area contributed by atoms with Crippen molar-refractivity contribution in [2.24, 2.45) is 0 Å². The molecule has 0 saturated carbocycles. The van der Waals surface area contributed by atoms with Gasteiger partial charge in [-0.25, -0.2) is 10.1 Å². The van der Waals surface area contributed by atoms with E-state index < -0.39 is 5.97 Å². The van der Waals surface area contributed by atoms with Crippen LogP contribution in [0.2, 0.25) is 0 Å². The van der Waals surface area contributed by atoms with Gasteiger partial charge >= 0.3 is 5.97 Å². The SMILES string of the molecule is O=C(O)c1ccc2c(c1)CC[N]C2. The van der Waals surface area contributed by atoms with E-state index >= 15 is 0 Å². The molecule has 0 unspecified atom stereocenters. The summed E-state index contributed by atoms with van der Waals surface area (Å²) in [6.07, 6.45) is 0.871. The van der Waals surface area contributed by atoms with Crippen LogP contribution in [0.1, 0.15) is 21.5 Å². The largest absolute Gasteiger partial charge is 0.478 e. The molecule has 0 fully saturated rings. The van der Waals surface area contributed by atoms with E-state index in [1.54, 1.807) is 12.1 Å². The Morgan fingerprint density at radius 2 is 2.23 bits per heavy atom. The standard InChI is InChI=1S/C10H10NO2/c12-10(13)8-1-2-9-6-11-4-3-7(9)5-8/h1-2,5H,3-4,6H2,(H,12,13). The molecule has 1 aromatic carbocycles. The van der Waals surface area contributed by atoms with E-state index in [2.05, 4.69) is 5.32 Å². The lowest BCUT2D eigenvalue weighted by molar-refractivity contribution is 0.0696. The number of aromatic carboxylic acids is 1. The quantitative estimate of drug-likeness (QED) is 0.695. The number of carboxylic acid groups (broad SMARTS) is 1. The van der Waals surface area contributed by atoms with Crippen molar-refractivity contribution < 1.29 is 9.90 Å². The normalized spacial score (nSPS) is 15.1. The molecule has 1 heterocycles. The molecule has 0 bridgehead atoms. The second-order valence-corrected chi connectivity index (χ2v) is 3.14. The number of fused-ring (bicyclic) bond motifs is 1. The van der Waals surface area contributed by atoms with Crippen molar-refractivity contribution in [1.82, 2.24) is 5.32 Å². The van der Waals surface area contributed by atoms with Crippen molar-refractivity contribution in [3.8, 4) is 0 Å². The van der Waals surface area contributed by atoms with Crippen molar-refractivity contribution in [2.45, 2.75) is 13.0 Å². The molecule has 1 aromatic rings. The van der Waals surface area contributed by atoms with Gasteiger partial charge in [0.15, 0.2) is 0 Å². The molecule has 1 radical (unpaired) electrons. The molecule has 1 N–H and O–H groups in total. The van der Waals surface area contributed by atoms with Crippen molar-refractivity contribution in [3.05, 3.63) is 34.9 Å². The van der Waals surface area contributed by atoms with Gasteiger partial charge in [-0.2, -0.15) is 0 Å². The number of benzene rings is 1. The summed E-state index contributed by atoms with van der Waals surface area (Å²) in [6, 6.07) is 5.26. The first-order valence-corrected chi connectivity index (χ1v) is 4.26. The maximum Gasteiger partial charge on any atom is 0.335 e. The van der Waals surface area contributed by atoms with Gasteiger partial charge in [-0.05, 0) is 29.7 Å². The summed E-state index contributed by atoms with van der Waals surface area (Å²) in [5.74, 6) is -0.856. The Hall–Kier alpha value is -1.35. The average Bonchev–Trinajstić information content (AvgIpc) is 2.17. The molecule has 2 rings (SSSR count). The zero-order chi connectivity index (χ0) is 9.26. The van der Waals surface area contributed by atoms with Gasteiger partial charge in [0.05, 0.1) is 5.56 Å². The molecule has 0 saturated heterocycles. The van der Waals surface area contributed by atoms with Gasteiger partial charge in [-0.15, -0.1) is 0 Å². The van der Waals surface area contributed by atoms with Crippen molar-refractivity contribution in [2.75, 3.05) is 6.54 Å². The minimum atomic E-state index is -0.856. The zero-order valence-corrected chi connectivity index (χ0v) is 7.16. The van der Waals surface area contributed by atoms with Crippen LogP contribution in [0.25, 0.3) is 0 Å². The van der Waals surface area contributed by atoms with E-state index in [-0.39, 0.29) is 0 Å². The molecular formula is C10H10NO2. The lowest BCUT2D eigenvalue weighted by Gasteiger charge is -2.15. The Balaban J connectivity index is 2.40. The minimum Gasteiger partial charge on any atom is -0.478 e. The highest BCUT2D eigenvalue weighted by Crippen LogP contribution is 2.16. The number of nitrogens with zero attached hydrogens (tertiary/aromatic N) is 1. The number of carbonyl (C=O) groups is 1. The first-order valence-electron chi connectivity index (χ1n) is 4.26. The summed E-state index contributed by atoms with van der Waals surface area (Å²) in [5.41, 5.74) is 2.67. The highest BCUT2D eigenvalue weighted by Gasteiger charge is 2.11. The average molecular weight is 176 g/mol.